The van der Waals surface area contributed by atoms with Gasteiger partial charge in [0.2, 0.25) is 15.9 Å². The molecule has 1 aromatic carbocycles. The van der Waals surface area contributed by atoms with Gasteiger partial charge >= 0.3 is 0 Å². The number of benzene rings is 1. The number of likely N-dealkylation sites (N-methyl/N-ethyl adjacent to an activating group) is 1. The number of nitrogen functional groups attached to an aromatic ring is 1. The number of nitrogens with one attached hydrogen (secondary N) is 1. The van der Waals surface area contributed by atoms with E-state index in [2.05, 4.69) is 5.32 Å². The fraction of sp³-hybridized carbons (Fsp3) is 0.417. The number of carbonyl (C=O) groups is 1. The molecule has 0 aliphatic heterocycles. The van der Waals surface area contributed by atoms with Crippen molar-refractivity contribution >= 4 is 33.2 Å². The molecule has 1 aromatic rings. The van der Waals surface area contributed by atoms with E-state index in [9.17, 15) is 13.2 Å². The first-order valence-corrected chi connectivity index (χ1v) is 7.90. The van der Waals surface area contributed by atoms with E-state index < -0.39 is 10.0 Å². The summed E-state index contributed by atoms with van der Waals surface area (Å²) in [6.07, 6.45) is 0.597. The van der Waals surface area contributed by atoms with Gasteiger partial charge in [0.25, 0.3) is 0 Å². The van der Waals surface area contributed by atoms with Crippen LogP contribution < -0.4 is 11.1 Å². The van der Waals surface area contributed by atoms with Crippen molar-refractivity contribution < 1.29 is 13.2 Å². The van der Waals surface area contributed by atoms with Gasteiger partial charge < -0.3 is 11.1 Å². The number of nitrogens with zero attached hydrogens (tertiary/aromatic N) is 1. The van der Waals surface area contributed by atoms with E-state index in [0.29, 0.717) is 6.42 Å². The third-order valence-electron chi connectivity index (χ3n) is 2.68. The molecule has 0 saturated carbocycles. The summed E-state index contributed by atoms with van der Waals surface area (Å²) in [7, 11) is -2.32. The molecule has 1 rings (SSSR count). The number of sulfonamides is 1. The van der Waals surface area contributed by atoms with Crippen LogP contribution in [0, 0.1) is 0 Å². The molecule has 1 amide bonds. The van der Waals surface area contributed by atoms with Gasteiger partial charge in [-0.2, -0.15) is 4.31 Å². The van der Waals surface area contributed by atoms with Gasteiger partial charge in [-0.05, 0) is 24.6 Å². The van der Waals surface area contributed by atoms with Crippen LogP contribution in [0.4, 0.5) is 5.69 Å². The quantitative estimate of drug-likeness (QED) is 0.767. The van der Waals surface area contributed by atoms with Crippen molar-refractivity contribution in [2.24, 2.45) is 0 Å². The Balaban J connectivity index is 3.14. The number of rotatable bonds is 6. The van der Waals surface area contributed by atoms with E-state index in [0.717, 1.165) is 4.31 Å². The molecular weight excluding hydrogens is 302 g/mol. The van der Waals surface area contributed by atoms with Crippen molar-refractivity contribution in [3.63, 3.8) is 0 Å². The predicted molar refractivity (Wildman–Crippen MR) is 79.0 cm³/mol. The number of nitrogens with two attached hydrogens (primary N) is 1. The van der Waals surface area contributed by atoms with Gasteiger partial charge in [0.1, 0.15) is 0 Å². The van der Waals surface area contributed by atoms with E-state index >= 15 is 0 Å². The highest BCUT2D eigenvalue weighted by Gasteiger charge is 2.26. The zero-order valence-electron chi connectivity index (χ0n) is 11.4. The Morgan fingerprint density at radius 1 is 1.45 bits per heavy atom. The largest absolute Gasteiger partial charge is 0.397 e. The van der Waals surface area contributed by atoms with Gasteiger partial charge in [0.15, 0.2) is 0 Å². The Kier molecular flexibility index (Phi) is 5.79. The topological polar surface area (TPSA) is 92.5 Å². The van der Waals surface area contributed by atoms with E-state index in [4.69, 9.17) is 17.3 Å². The highest BCUT2D eigenvalue weighted by atomic mass is 35.5. The van der Waals surface area contributed by atoms with E-state index in [1.807, 2.05) is 6.92 Å². The lowest BCUT2D eigenvalue weighted by Gasteiger charge is -2.21. The summed E-state index contributed by atoms with van der Waals surface area (Å²) in [6.45, 7) is 1.86. The maximum absolute atomic E-state index is 12.5. The van der Waals surface area contributed by atoms with Gasteiger partial charge in [-0.1, -0.05) is 18.5 Å². The Labute approximate surface area is 123 Å². The smallest absolute Gasteiger partial charge is 0.243 e. The van der Waals surface area contributed by atoms with E-state index in [-0.39, 0.29) is 34.6 Å². The fourth-order valence-electron chi connectivity index (χ4n) is 1.60. The molecule has 0 bridgehead atoms. The van der Waals surface area contributed by atoms with Crippen LogP contribution in [0.5, 0.6) is 0 Å². The average Bonchev–Trinajstić information content (AvgIpc) is 2.40. The first kappa shape index (κ1) is 16.7. The second-order valence-corrected chi connectivity index (χ2v) is 6.54. The van der Waals surface area contributed by atoms with Gasteiger partial charge in [0, 0.05) is 13.6 Å². The van der Waals surface area contributed by atoms with E-state index in [1.165, 1.54) is 25.2 Å². The molecule has 0 aliphatic rings. The molecule has 0 spiro atoms. The number of anilines is 1. The van der Waals surface area contributed by atoms with Crippen LogP contribution in [0.2, 0.25) is 5.02 Å². The highest BCUT2D eigenvalue weighted by Crippen LogP contribution is 2.24. The lowest BCUT2D eigenvalue weighted by Crippen LogP contribution is -2.40. The predicted octanol–water partition coefficient (Wildman–Crippen LogP) is 1.07. The lowest BCUT2D eigenvalue weighted by molar-refractivity contribution is -0.120. The van der Waals surface area contributed by atoms with Crippen molar-refractivity contribution in [1.29, 1.82) is 0 Å². The first-order chi connectivity index (χ1) is 9.32. The van der Waals surface area contributed by atoms with Crippen LogP contribution in [-0.2, 0) is 14.8 Å². The van der Waals surface area contributed by atoms with Crippen LogP contribution in [0.3, 0.4) is 0 Å². The third-order valence-corrected chi connectivity index (χ3v) is 4.86. The molecule has 0 radical (unpaired) electrons. The van der Waals surface area contributed by atoms with E-state index in [1.54, 1.807) is 0 Å². The number of hydrogen-bond acceptors (Lipinski definition) is 4. The molecule has 0 atom stereocenters. The summed E-state index contributed by atoms with van der Waals surface area (Å²) in [4.78, 5) is 11.5. The standard InChI is InChI=1S/C12H18ClN3O3S/c1-3-6-16(8-12(17)15-2)20(18,19)9-4-5-10(13)11(14)7-9/h4-5,7H,3,6,8,14H2,1-2H3,(H,15,17). The third kappa shape index (κ3) is 3.84. The Morgan fingerprint density at radius 2 is 2.10 bits per heavy atom. The average molecular weight is 320 g/mol. The minimum atomic E-state index is -3.77. The monoisotopic (exact) mass is 319 g/mol. The molecule has 20 heavy (non-hydrogen) atoms. The zero-order valence-corrected chi connectivity index (χ0v) is 13.0. The van der Waals surface area contributed by atoms with Crippen LogP contribution in [-0.4, -0.2) is 38.8 Å². The normalized spacial score (nSPS) is 11.6. The highest BCUT2D eigenvalue weighted by molar-refractivity contribution is 7.89. The van der Waals surface area contributed by atoms with Crippen LogP contribution >= 0.6 is 11.6 Å². The molecule has 6 nitrogen and oxygen atoms in total. The fourth-order valence-corrected chi connectivity index (χ4v) is 3.25. The lowest BCUT2D eigenvalue weighted by atomic mass is 10.3. The van der Waals surface area contributed by atoms with Crippen LogP contribution in [0.15, 0.2) is 23.1 Å². The minimum Gasteiger partial charge on any atom is -0.397 e. The molecule has 8 heteroatoms. The zero-order chi connectivity index (χ0) is 15.3. The number of halogens is 1. The molecule has 0 aliphatic carbocycles. The Morgan fingerprint density at radius 3 is 2.60 bits per heavy atom. The molecule has 112 valence electrons. The summed E-state index contributed by atoms with van der Waals surface area (Å²) in [6, 6.07) is 4.10. The van der Waals surface area contributed by atoms with Gasteiger partial charge in [0.05, 0.1) is 22.2 Å². The van der Waals surface area contributed by atoms with Gasteiger partial charge in [-0.15, -0.1) is 0 Å². The van der Waals surface area contributed by atoms with Crippen LogP contribution in [0.1, 0.15) is 13.3 Å². The van der Waals surface area contributed by atoms with Crippen LogP contribution in [0.25, 0.3) is 0 Å². The molecule has 0 heterocycles. The Hall–Kier alpha value is -1.31. The Bertz CT molecular complexity index is 590. The van der Waals surface area contributed by atoms with Crippen molar-refractivity contribution in [3.05, 3.63) is 23.2 Å². The number of hydrogen-bond donors (Lipinski definition) is 2. The minimum absolute atomic E-state index is 0.0248. The molecule has 0 unspecified atom stereocenters. The summed E-state index contributed by atoms with van der Waals surface area (Å²) in [5, 5.41) is 2.70. The molecular formula is C12H18ClN3O3S. The van der Waals surface area contributed by atoms with Gasteiger partial charge in [-0.25, -0.2) is 8.42 Å². The summed E-state index contributed by atoms with van der Waals surface area (Å²) >= 11 is 5.78. The molecule has 0 saturated heterocycles. The van der Waals surface area contributed by atoms with Crippen molar-refractivity contribution in [2.45, 2.75) is 18.2 Å². The van der Waals surface area contributed by atoms with Crippen molar-refractivity contribution in [1.82, 2.24) is 9.62 Å². The summed E-state index contributed by atoms with van der Waals surface area (Å²) in [5.74, 6) is -0.371. The first-order valence-electron chi connectivity index (χ1n) is 6.08. The number of carbonyl (C=O) groups excluding carboxylic acids is 1. The molecule has 3 N–H and O–H groups in total. The second kappa shape index (κ2) is 6.92. The summed E-state index contributed by atoms with van der Waals surface area (Å²) < 4.78 is 26.1. The molecule has 0 fully saturated rings. The van der Waals surface area contributed by atoms with Crippen molar-refractivity contribution in [3.8, 4) is 0 Å². The SMILES string of the molecule is CCCN(CC(=O)NC)S(=O)(=O)c1ccc(Cl)c(N)c1. The summed E-state index contributed by atoms with van der Waals surface area (Å²) in [5.41, 5.74) is 5.81. The molecule has 0 aromatic heterocycles. The second-order valence-electron chi connectivity index (χ2n) is 4.20. The van der Waals surface area contributed by atoms with Crippen molar-refractivity contribution in [2.75, 3.05) is 25.9 Å². The number of amides is 1. The maximum atomic E-state index is 12.5. The van der Waals surface area contributed by atoms with Gasteiger partial charge in [-0.3, -0.25) is 4.79 Å². The maximum Gasteiger partial charge on any atom is 0.243 e.